The van der Waals surface area contributed by atoms with Gasteiger partial charge in [0.15, 0.2) is 0 Å². The van der Waals surface area contributed by atoms with E-state index < -0.39 is 23.5 Å². The smallest absolute Gasteiger partial charge is 0.309 e. The minimum Gasteiger partial charge on any atom is -0.465 e. The standard InChI is InChI=1S/C15H17F2NO3/c1-18(2)14(19)5-6-21-15(20)12-8-10(12)11-7-9(16)3-4-13(11)17/h3-4,7,10,12H,5-6,8H2,1-2H3. The maximum Gasteiger partial charge on any atom is 0.309 e. The van der Waals surface area contributed by atoms with E-state index in [9.17, 15) is 18.4 Å². The first-order valence-electron chi connectivity index (χ1n) is 6.72. The maximum atomic E-state index is 13.6. The number of carbonyl (C=O) groups is 2. The van der Waals surface area contributed by atoms with Gasteiger partial charge in [0.1, 0.15) is 18.2 Å². The highest BCUT2D eigenvalue weighted by molar-refractivity contribution is 5.79. The van der Waals surface area contributed by atoms with Crippen molar-refractivity contribution in [2.45, 2.75) is 18.8 Å². The molecule has 2 unspecified atom stereocenters. The summed E-state index contributed by atoms with van der Waals surface area (Å²) in [4.78, 5) is 24.5. The molecule has 1 amide bonds. The lowest BCUT2D eigenvalue weighted by Crippen LogP contribution is -2.23. The highest BCUT2D eigenvalue weighted by atomic mass is 19.1. The number of halogens is 2. The van der Waals surface area contributed by atoms with Gasteiger partial charge in [0.2, 0.25) is 5.91 Å². The normalized spacial score (nSPS) is 20.0. The van der Waals surface area contributed by atoms with E-state index in [0.29, 0.717) is 6.42 Å². The summed E-state index contributed by atoms with van der Waals surface area (Å²) in [5.41, 5.74) is 0.210. The van der Waals surface area contributed by atoms with Crippen LogP contribution in [0.5, 0.6) is 0 Å². The summed E-state index contributed by atoms with van der Waals surface area (Å²) in [5, 5.41) is 0. The molecule has 0 N–H and O–H groups in total. The number of carbonyl (C=O) groups excluding carboxylic acids is 2. The van der Waals surface area contributed by atoms with Crippen LogP contribution in [0.3, 0.4) is 0 Å². The van der Waals surface area contributed by atoms with Crippen molar-refractivity contribution in [1.82, 2.24) is 4.90 Å². The summed E-state index contributed by atoms with van der Waals surface area (Å²) in [6.07, 6.45) is 0.561. The van der Waals surface area contributed by atoms with Crippen LogP contribution >= 0.6 is 0 Å². The van der Waals surface area contributed by atoms with Gasteiger partial charge in [-0.3, -0.25) is 9.59 Å². The Morgan fingerprint density at radius 1 is 1.33 bits per heavy atom. The van der Waals surface area contributed by atoms with E-state index >= 15 is 0 Å². The quantitative estimate of drug-likeness (QED) is 0.782. The molecule has 0 spiro atoms. The van der Waals surface area contributed by atoms with Crippen LogP contribution in [0, 0.1) is 17.6 Å². The molecule has 114 valence electrons. The lowest BCUT2D eigenvalue weighted by molar-refractivity contribution is -0.146. The van der Waals surface area contributed by atoms with Crippen LogP contribution in [0.25, 0.3) is 0 Å². The van der Waals surface area contributed by atoms with Crippen LogP contribution in [0.4, 0.5) is 8.78 Å². The Balaban J connectivity index is 1.84. The summed E-state index contributed by atoms with van der Waals surface area (Å²) < 4.78 is 31.7. The van der Waals surface area contributed by atoms with E-state index in [1.807, 2.05) is 0 Å². The zero-order chi connectivity index (χ0) is 15.6. The summed E-state index contributed by atoms with van der Waals surface area (Å²) in [5.74, 6) is -2.42. The Labute approximate surface area is 121 Å². The van der Waals surface area contributed by atoms with Crippen molar-refractivity contribution in [2.24, 2.45) is 5.92 Å². The first kappa shape index (κ1) is 15.4. The number of nitrogens with zero attached hydrogens (tertiary/aromatic N) is 1. The molecule has 0 saturated heterocycles. The minimum absolute atomic E-state index is 0.00466. The molecular formula is C15H17F2NO3. The van der Waals surface area contributed by atoms with E-state index in [1.165, 1.54) is 4.90 Å². The Morgan fingerprint density at radius 2 is 2.05 bits per heavy atom. The topological polar surface area (TPSA) is 46.6 Å². The number of benzene rings is 1. The van der Waals surface area contributed by atoms with Crippen LogP contribution < -0.4 is 0 Å². The molecule has 0 radical (unpaired) electrons. The molecule has 0 heterocycles. The molecule has 0 bridgehead atoms. The molecule has 2 rings (SSSR count). The van der Waals surface area contributed by atoms with Crippen LogP contribution in [-0.2, 0) is 14.3 Å². The van der Waals surface area contributed by atoms with Gasteiger partial charge in [-0.1, -0.05) is 0 Å². The van der Waals surface area contributed by atoms with Crippen LogP contribution in [0.2, 0.25) is 0 Å². The van der Waals surface area contributed by atoms with Gasteiger partial charge in [-0.05, 0) is 30.2 Å². The second-order valence-corrected chi connectivity index (χ2v) is 5.32. The Kier molecular flexibility index (Phi) is 4.55. The number of hydrogen-bond acceptors (Lipinski definition) is 3. The highest BCUT2D eigenvalue weighted by Gasteiger charge is 2.46. The summed E-state index contributed by atoms with van der Waals surface area (Å²) >= 11 is 0. The lowest BCUT2D eigenvalue weighted by atomic mass is 10.1. The SMILES string of the molecule is CN(C)C(=O)CCOC(=O)C1CC1c1cc(F)ccc1F. The van der Waals surface area contributed by atoms with Gasteiger partial charge in [0, 0.05) is 20.0 Å². The van der Waals surface area contributed by atoms with Crippen molar-refractivity contribution < 1.29 is 23.1 Å². The lowest BCUT2D eigenvalue weighted by Gasteiger charge is -2.10. The predicted octanol–water partition coefficient (Wildman–Crippen LogP) is 2.09. The molecule has 0 aliphatic heterocycles. The van der Waals surface area contributed by atoms with E-state index in [1.54, 1.807) is 14.1 Å². The van der Waals surface area contributed by atoms with Crippen molar-refractivity contribution in [1.29, 1.82) is 0 Å². The number of rotatable bonds is 5. The molecule has 0 aromatic heterocycles. The number of esters is 1. The fourth-order valence-electron chi connectivity index (χ4n) is 2.17. The molecule has 4 nitrogen and oxygen atoms in total. The first-order chi connectivity index (χ1) is 9.90. The average Bonchev–Trinajstić information content (AvgIpc) is 3.21. The van der Waals surface area contributed by atoms with Gasteiger partial charge < -0.3 is 9.64 Å². The maximum absolute atomic E-state index is 13.6. The van der Waals surface area contributed by atoms with Crippen molar-refractivity contribution in [3.8, 4) is 0 Å². The summed E-state index contributed by atoms with van der Waals surface area (Å²) in [6.45, 7) is 0.00466. The van der Waals surface area contributed by atoms with Gasteiger partial charge in [-0.25, -0.2) is 8.78 Å². The van der Waals surface area contributed by atoms with Crippen LogP contribution in [-0.4, -0.2) is 37.5 Å². The largest absolute Gasteiger partial charge is 0.465 e. The molecule has 21 heavy (non-hydrogen) atoms. The van der Waals surface area contributed by atoms with Crippen molar-refractivity contribution >= 4 is 11.9 Å². The Morgan fingerprint density at radius 3 is 2.71 bits per heavy atom. The Bertz CT molecular complexity index is 560. The number of hydrogen-bond donors (Lipinski definition) is 0. The molecule has 1 aliphatic rings. The third kappa shape index (κ3) is 3.77. The van der Waals surface area contributed by atoms with E-state index in [4.69, 9.17) is 4.74 Å². The molecule has 1 saturated carbocycles. The third-order valence-corrected chi connectivity index (χ3v) is 3.51. The fourth-order valence-corrected chi connectivity index (χ4v) is 2.17. The highest BCUT2D eigenvalue weighted by Crippen LogP contribution is 2.49. The van der Waals surface area contributed by atoms with Gasteiger partial charge in [0.05, 0.1) is 12.3 Å². The zero-order valence-electron chi connectivity index (χ0n) is 11.9. The molecule has 1 aromatic carbocycles. The average molecular weight is 297 g/mol. The van der Waals surface area contributed by atoms with Crippen molar-refractivity contribution in [2.75, 3.05) is 20.7 Å². The van der Waals surface area contributed by atoms with Crippen LogP contribution in [0.15, 0.2) is 18.2 Å². The van der Waals surface area contributed by atoms with Gasteiger partial charge in [-0.2, -0.15) is 0 Å². The molecule has 6 heteroatoms. The van der Waals surface area contributed by atoms with E-state index in [-0.39, 0.29) is 30.4 Å². The number of amides is 1. The first-order valence-corrected chi connectivity index (χ1v) is 6.72. The van der Waals surface area contributed by atoms with Crippen molar-refractivity contribution in [3.63, 3.8) is 0 Å². The van der Waals surface area contributed by atoms with Crippen molar-refractivity contribution in [3.05, 3.63) is 35.4 Å². The van der Waals surface area contributed by atoms with Crippen LogP contribution in [0.1, 0.15) is 24.3 Å². The second-order valence-electron chi connectivity index (χ2n) is 5.32. The zero-order valence-corrected chi connectivity index (χ0v) is 11.9. The molecule has 1 aromatic rings. The van der Waals surface area contributed by atoms with Gasteiger partial charge in [0.25, 0.3) is 0 Å². The molecule has 2 atom stereocenters. The summed E-state index contributed by atoms with van der Waals surface area (Å²) in [7, 11) is 3.24. The fraction of sp³-hybridized carbons (Fsp3) is 0.467. The number of ether oxygens (including phenoxy) is 1. The van der Waals surface area contributed by atoms with Gasteiger partial charge >= 0.3 is 5.97 Å². The molecular weight excluding hydrogens is 280 g/mol. The molecule has 1 fully saturated rings. The minimum atomic E-state index is -0.526. The monoisotopic (exact) mass is 297 g/mol. The second kappa shape index (κ2) is 6.20. The van der Waals surface area contributed by atoms with E-state index in [2.05, 4.69) is 0 Å². The predicted molar refractivity (Wildman–Crippen MR) is 71.5 cm³/mol. The summed E-state index contributed by atoms with van der Waals surface area (Å²) in [6, 6.07) is 3.21. The molecule has 1 aliphatic carbocycles. The third-order valence-electron chi connectivity index (χ3n) is 3.51. The Hall–Kier alpha value is -1.98. The van der Waals surface area contributed by atoms with Gasteiger partial charge in [-0.15, -0.1) is 0 Å². The van der Waals surface area contributed by atoms with E-state index in [0.717, 1.165) is 18.2 Å².